The second-order valence-corrected chi connectivity index (χ2v) is 5.37. The summed E-state index contributed by atoms with van der Waals surface area (Å²) in [5.74, 6) is 0.690. The minimum absolute atomic E-state index is 0.0497. The van der Waals surface area contributed by atoms with Crippen molar-refractivity contribution < 1.29 is 9.90 Å². The van der Waals surface area contributed by atoms with Gasteiger partial charge < -0.3 is 10.0 Å². The zero-order chi connectivity index (χ0) is 14.5. The molecular weight excluding hydrogens is 254 g/mol. The highest BCUT2D eigenvalue weighted by Gasteiger charge is 2.29. The monoisotopic (exact) mass is 277 g/mol. The lowest BCUT2D eigenvalue weighted by Crippen LogP contribution is -2.43. The maximum atomic E-state index is 12.6. The van der Waals surface area contributed by atoms with Crippen LogP contribution in [0.5, 0.6) is 0 Å². The lowest BCUT2D eigenvalue weighted by Gasteiger charge is -2.27. The van der Waals surface area contributed by atoms with Gasteiger partial charge in [-0.2, -0.15) is 0 Å². The van der Waals surface area contributed by atoms with Gasteiger partial charge in [0.25, 0.3) is 0 Å². The van der Waals surface area contributed by atoms with Crippen molar-refractivity contribution in [1.29, 1.82) is 0 Å². The molecule has 2 heterocycles. The summed E-state index contributed by atoms with van der Waals surface area (Å²) in [6.45, 7) is 5.79. The van der Waals surface area contributed by atoms with Crippen molar-refractivity contribution in [1.82, 2.24) is 9.88 Å². The molecule has 2 amide bonds. The third-order valence-corrected chi connectivity index (χ3v) is 3.57. The maximum Gasteiger partial charge on any atom is 0.325 e. The van der Waals surface area contributed by atoms with Crippen molar-refractivity contribution in [2.75, 3.05) is 24.5 Å². The Bertz CT molecular complexity index is 447. The van der Waals surface area contributed by atoms with Crippen molar-refractivity contribution in [2.24, 2.45) is 0 Å². The van der Waals surface area contributed by atoms with Gasteiger partial charge in [-0.3, -0.25) is 4.90 Å². The van der Waals surface area contributed by atoms with E-state index in [0.717, 1.165) is 18.4 Å². The highest BCUT2D eigenvalue weighted by molar-refractivity contribution is 5.91. The van der Waals surface area contributed by atoms with Crippen molar-refractivity contribution in [3.05, 3.63) is 23.9 Å². The summed E-state index contributed by atoms with van der Waals surface area (Å²) in [5, 5.41) is 9.59. The number of aryl methyl sites for hydroxylation is 1. The Hall–Kier alpha value is -1.62. The first kappa shape index (κ1) is 14.8. The van der Waals surface area contributed by atoms with Gasteiger partial charge in [0.2, 0.25) is 0 Å². The average Bonchev–Trinajstić information content (AvgIpc) is 2.87. The number of carbonyl (C=O) groups excluding carboxylic acids is 1. The van der Waals surface area contributed by atoms with Crippen LogP contribution in [0, 0.1) is 6.92 Å². The van der Waals surface area contributed by atoms with Crippen molar-refractivity contribution in [3.63, 3.8) is 0 Å². The first-order chi connectivity index (χ1) is 9.61. The lowest BCUT2D eigenvalue weighted by atomic mass is 10.3. The first-order valence-corrected chi connectivity index (χ1v) is 7.29. The summed E-state index contributed by atoms with van der Waals surface area (Å²) in [6.07, 6.45) is 4.02. The molecule has 1 fully saturated rings. The van der Waals surface area contributed by atoms with Crippen LogP contribution in [0.2, 0.25) is 0 Å². The number of amides is 2. The van der Waals surface area contributed by atoms with Gasteiger partial charge in [0, 0.05) is 25.8 Å². The predicted octanol–water partition coefficient (Wildman–Crippen LogP) is 2.18. The van der Waals surface area contributed by atoms with E-state index in [-0.39, 0.29) is 6.03 Å². The molecule has 1 aromatic heterocycles. The molecule has 1 saturated heterocycles. The zero-order valence-electron chi connectivity index (χ0n) is 12.2. The van der Waals surface area contributed by atoms with Gasteiger partial charge in [0.1, 0.15) is 5.82 Å². The predicted molar refractivity (Wildman–Crippen MR) is 78.8 cm³/mol. The van der Waals surface area contributed by atoms with E-state index in [0.29, 0.717) is 31.9 Å². The molecule has 0 saturated carbocycles. The number of hydrogen-bond donors (Lipinski definition) is 1. The first-order valence-electron chi connectivity index (χ1n) is 7.29. The molecule has 0 aromatic carbocycles. The number of aliphatic hydroxyl groups excluding tert-OH is 1. The Labute approximate surface area is 120 Å². The number of urea groups is 1. The van der Waals surface area contributed by atoms with Gasteiger partial charge in [-0.05, 0) is 31.4 Å². The number of aromatic nitrogens is 1. The molecule has 5 heteroatoms. The number of pyridine rings is 1. The second kappa shape index (κ2) is 6.70. The van der Waals surface area contributed by atoms with Crippen LogP contribution in [0.25, 0.3) is 0 Å². The summed E-state index contributed by atoms with van der Waals surface area (Å²) in [5.41, 5.74) is 1.08. The van der Waals surface area contributed by atoms with Crippen molar-refractivity contribution in [3.8, 4) is 0 Å². The SMILES string of the molecule is CCCCN(C(=O)N1CC[C@@H](O)C1)c1ccc(C)cn1. The summed E-state index contributed by atoms with van der Waals surface area (Å²) in [6, 6.07) is 3.80. The number of hydrogen-bond acceptors (Lipinski definition) is 3. The van der Waals surface area contributed by atoms with Crippen LogP contribution in [0.3, 0.4) is 0 Å². The minimum atomic E-state index is -0.391. The van der Waals surface area contributed by atoms with Gasteiger partial charge in [0.05, 0.1) is 6.10 Å². The van der Waals surface area contributed by atoms with E-state index in [1.807, 2.05) is 19.1 Å². The number of rotatable bonds is 4. The standard InChI is InChI=1S/C15H23N3O2/c1-3-4-8-18(14-6-5-12(2)10-16-14)15(20)17-9-7-13(19)11-17/h5-6,10,13,19H,3-4,7-9,11H2,1-2H3/t13-/m1/s1. The number of unbranched alkanes of at least 4 members (excludes halogenated alkanes) is 1. The molecule has 0 bridgehead atoms. The summed E-state index contributed by atoms with van der Waals surface area (Å²) in [4.78, 5) is 20.4. The molecule has 1 N–H and O–H groups in total. The van der Waals surface area contributed by atoms with Crippen LogP contribution in [0.1, 0.15) is 31.7 Å². The molecular formula is C15H23N3O2. The Balaban J connectivity index is 2.14. The number of anilines is 1. The fraction of sp³-hybridized carbons (Fsp3) is 0.600. The average molecular weight is 277 g/mol. The molecule has 0 radical (unpaired) electrons. The van der Waals surface area contributed by atoms with Gasteiger partial charge in [-0.15, -0.1) is 0 Å². The normalized spacial score (nSPS) is 18.4. The Kier molecular flexibility index (Phi) is 4.95. The summed E-state index contributed by atoms with van der Waals surface area (Å²) in [7, 11) is 0. The third-order valence-electron chi connectivity index (χ3n) is 3.57. The molecule has 0 spiro atoms. The van der Waals surface area contributed by atoms with Crippen molar-refractivity contribution in [2.45, 2.75) is 39.2 Å². The largest absolute Gasteiger partial charge is 0.391 e. The molecule has 5 nitrogen and oxygen atoms in total. The highest BCUT2D eigenvalue weighted by Crippen LogP contribution is 2.18. The third kappa shape index (κ3) is 3.48. The quantitative estimate of drug-likeness (QED) is 0.917. The summed E-state index contributed by atoms with van der Waals surface area (Å²) >= 11 is 0. The van der Waals surface area contributed by atoms with Crippen LogP contribution >= 0.6 is 0 Å². The van der Waals surface area contributed by atoms with Crippen LogP contribution in [-0.4, -0.2) is 46.8 Å². The second-order valence-electron chi connectivity index (χ2n) is 5.37. The Morgan fingerprint density at radius 1 is 1.55 bits per heavy atom. The van der Waals surface area contributed by atoms with Crippen LogP contribution in [0.15, 0.2) is 18.3 Å². The van der Waals surface area contributed by atoms with E-state index in [2.05, 4.69) is 11.9 Å². The minimum Gasteiger partial charge on any atom is -0.391 e. The Morgan fingerprint density at radius 3 is 2.90 bits per heavy atom. The Morgan fingerprint density at radius 2 is 2.35 bits per heavy atom. The molecule has 20 heavy (non-hydrogen) atoms. The number of nitrogens with zero attached hydrogens (tertiary/aromatic N) is 3. The smallest absolute Gasteiger partial charge is 0.325 e. The fourth-order valence-corrected chi connectivity index (χ4v) is 2.33. The number of β-amino-alcohol motifs (C(OH)–C–C–N with tert-alkyl or cyclic N) is 1. The maximum absolute atomic E-state index is 12.6. The number of likely N-dealkylation sites (tertiary alicyclic amines) is 1. The number of carbonyl (C=O) groups is 1. The lowest BCUT2D eigenvalue weighted by molar-refractivity contribution is 0.174. The molecule has 1 aromatic rings. The zero-order valence-corrected chi connectivity index (χ0v) is 12.2. The molecule has 0 aliphatic carbocycles. The molecule has 110 valence electrons. The topological polar surface area (TPSA) is 56.7 Å². The fourth-order valence-electron chi connectivity index (χ4n) is 2.33. The van der Waals surface area contributed by atoms with Gasteiger partial charge in [-0.25, -0.2) is 9.78 Å². The molecule has 1 aliphatic rings. The molecule has 1 aliphatic heterocycles. The van der Waals surface area contributed by atoms with E-state index in [4.69, 9.17) is 0 Å². The number of aliphatic hydroxyl groups is 1. The summed E-state index contributed by atoms with van der Waals surface area (Å²) < 4.78 is 0. The van der Waals surface area contributed by atoms with Gasteiger partial charge in [0.15, 0.2) is 0 Å². The van der Waals surface area contributed by atoms with E-state index in [1.165, 1.54) is 0 Å². The van der Waals surface area contributed by atoms with Crippen LogP contribution < -0.4 is 4.90 Å². The van der Waals surface area contributed by atoms with E-state index in [9.17, 15) is 9.90 Å². The van der Waals surface area contributed by atoms with Gasteiger partial charge in [-0.1, -0.05) is 19.4 Å². The van der Waals surface area contributed by atoms with Crippen molar-refractivity contribution >= 4 is 11.8 Å². The van der Waals surface area contributed by atoms with Crippen LogP contribution in [-0.2, 0) is 0 Å². The van der Waals surface area contributed by atoms with Gasteiger partial charge >= 0.3 is 6.03 Å². The molecule has 2 rings (SSSR count). The van der Waals surface area contributed by atoms with Crippen LogP contribution in [0.4, 0.5) is 10.6 Å². The van der Waals surface area contributed by atoms with E-state index >= 15 is 0 Å². The van der Waals surface area contributed by atoms with E-state index < -0.39 is 6.10 Å². The van der Waals surface area contributed by atoms with E-state index in [1.54, 1.807) is 16.0 Å². The highest BCUT2D eigenvalue weighted by atomic mass is 16.3. The molecule has 1 atom stereocenters. The molecule has 0 unspecified atom stereocenters.